The second kappa shape index (κ2) is 5.24. The molecule has 82 valence electrons. The lowest BCUT2D eigenvalue weighted by molar-refractivity contribution is 0.198. The Morgan fingerprint density at radius 2 is 2.00 bits per heavy atom. The van der Waals surface area contributed by atoms with E-state index >= 15 is 0 Å². The summed E-state index contributed by atoms with van der Waals surface area (Å²) >= 11 is 11.5. The van der Waals surface area contributed by atoms with Gasteiger partial charge >= 0.3 is 6.09 Å². The summed E-state index contributed by atoms with van der Waals surface area (Å²) in [4.78, 5) is 11.2. The minimum atomic E-state index is -0.511. The Morgan fingerprint density at radius 3 is 2.53 bits per heavy atom. The maximum Gasteiger partial charge on any atom is 0.412 e. The molecule has 15 heavy (non-hydrogen) atoms. The molecule has 0 aromatic heterocycles. The number of hydrogen-bond acceptors (Lipinski definition) is 2. The SMILES string of the molecule is CC(C)NC(=O)Oc1ccc(Cl)c(Cl)c1. The van der Waals surface area contributed by atoms with Crippen LogP contribution in [0.4, 0.5) is 4.79 Å². The molecule has 0 atom stereocenters. The van der Waals surface area contributed by atoms with Crippen molar-refractivity contribution in [1.82, 2.24) is 5.32 Å². The van der Waals surface area contributed by atoms with Gasteiger partial charge in [-0.05, 0) is 26.0 Å². The molecule has 1 rings (SSSR count). The topological polar surface area (TPSA) is 38.3 Å². The predicted molar refractivity (Wildman–Crippen MR) is 60.8 cm³/mol. The predicted octanol–water partition coefficient (Wildman–Crippen LogP) is 3.49. The molecular weight excluding hydrogens is 237 g/mol. The highest BCUT2D eigenvalue weighted by molar-refractivity contribution is 6.42. The number of hydrogen-bond donors (Lipinski definition) is 1. The Morgan fingerprint density at radius 1 is 1.33 bits per heavy atom. The second-order valence-corrected chi connectivity index (χ2v) is 4.08. The highest BCUT2D eigenvalue weighted by Crippen LogP contribution is 2.26. The molecule has 0 heterocycles. The van der Waals surface area contributed by atoms with Gasteiger partial charge in [0.2, 0.25) is 0 Å². The van der Waals surface area contributed by atoms with Crippen LogP contribution in [0.25, 0.3) is 0 Å². The normalized spacial score (nSPS) is 10.2. The third kappa shape index (κ3) is 3.98. The second-order valence-electron chi connectivity index (χ2n) is 3.26. The maximum atomic E-state index is 11.2. The molecule has 0 radical (unpaired) electrons. The first-order valence-corrected chi connectivity index (χ1v) is 5.18. The third-order valence-corrected chi connectivity index (χ3v) is 2.25. The smallest absolute Gasteiger partial charge is 0.410 e. The Kier molecular flexibility index (Phi) is 4.24. The molecule has 0 spiro atoms. The van der Waals surface area contributed by atoms with Crippen LogP contribution in [-0.2, 0) is 0 Å². The molecule has 1 aromatic carbocycles. The van der Waals surface area contributed by atoms with Crippen molar-refractivity contribution in [3.63, 3.8) is 0 Å². The van der Waals surface area contributed by atoms with Crippen LogP contribution in [0.15, 0.2) is 18.2 Å². The van der Waals surface area contributed by atoms with Gasteiger partial charge in [-0.2, -0.15) is 0 Å². The van der Waals surface area contributed by atoms with Crippen molar-refractivity contribution in [3.05, 3.63) is 28.2 Å². The van der Waals surface area contributed by atoms with E-state index in [0.717, 1.165) is 0 Å². The highest BCUT2D eigenvalue weighted by Gasteiger charge is 2.07. The van der Waals surface area contributed by atoms with Gasteiger partial charge in [0, 0.05) is 12.1 Å². The van der Waals surface area contributed by atoms with E-state index in [1.165, 1.54) is 6.07 Å². The van der Waals surface area contributed by atoms with Crippen LogP contribution in [0, 0.1) is 0 Å². The number of nitrogens with one attached hydrogen (secondary N) is 1. The number of amides is 1. The van der Waals surface area contributed by atoms with Crippen molar-refractivity contribution < 1.29 is 9.53 Å². The molecule has 3 nitrogen and oxygen atoms in total. The number of halogens is 2. The average Bonchev–Trinajstić information content (AvgIpc) is 2.10. The standard InChI is InChI=1S/C10H11Cl2NO2/c1-6(2)13-10(14)15-7-3-4-8(11)9(12)5-7/h3-6H,1-2H3,(H,13,14). The van der Waals surface area contributed by atoms with E-state index in [9.17, 15) is 4.79 Å². The quantitative estimate of drug-likeness (QED) is 0.869. The van der Waals surface area contributed by atoms with Gasteiger partial charge in [-0.25, -0.2) is 4.79 Å². The molecule has 0 aliphatic rings. The molecule has 1 aromatic rings. The Bertz CT molecular complexity index is 366. The minimum Gasteiger partial charge on any atom is -0.410 e. The lowest BCUT2D eigenvalue weighted by Gasteiger charge is -2.09. The summed E-state index contributed by atoms with van der Waals surface area (Å²) in [5, 5.41) is 3.37. The van der Waals surface area contributed by atoms with E-state index in [1.54, 1.807) is 12.1 Å². The van der Waals surface area contributed by atoms with Gasteiger partial charge in [0.25, 0.3) is 0 Å². The molecule has 0 bridgehead atoms. The zero-order valence-corrected chi connectivity index (χ0v) is 9.89. The lowest BCUT2D eigenvalue weighted by Crippen LogP contribution is -2.32. The highest BCUT2D eigenvalue weighted by atomic mass is 35.5. The summed E-state index contributed by atoms with van der Waals surface area (Å²) < 4.78 is 4.97. The molecule has 0 saturated carbocycles. The van der Waals surface area contributed by atoms with E-state index in [2.05, 4.69) is 5.32 Å². The fourth-order valence-corrected chi connectivity index (χ4v) is 1.20. The van der Waals surface area contributed by atoms with Crippen molar-refractivity contribution in [1.29, 1.82) is 0 Å². The number of carbonyl (C=O) groups excluding carboxylic acids is 1. The third-order valence-electron chi connectivity index (χ3n) is 1.51. The van der Waals surface area contributed by atoms with Gasteiger partial charge in [-0.15, -0.1) is 0 Å². The molecule has 1 N–H and O–H groups in total. The molecule has 0 fully saturated rings. The van der Waals surface area contributed by atoms with Gasteiger partial charge in [0.15, 0.2) is 0 Å². The molecule has 0 saturated heterocycles. The van der Waals surface area contributed by atoms with E-state index < -0.39 is 6.09 Å². The average molecular weight is 248 g/mol. The monoisotopic (exact) mass is 247 g/mol. The largest absolute Gasteiger partial charge is 0.412 e. The number of benzene rings is 1. The molecule has 0 aliphatic heterocycles. The maximum absolute atomic E-state index is 11.2. The lowest BCUT2D eigenvalue weighted by atomic mass is 10.3. The summed E-state index contributed by atoms with van der Waals surface area (Å²) in [6, 6.07) is 4.67. The molecule has 5 heteroatoms. The van der Waals surface area contributed by atoms with E-state index in [4.69, 9.17) is 27.9 Å². The first-order valence-electron chi connectivity index (χ1n) is 4.42. The van der Waals surface area contributed by atoms with Gasteiger partial charge < -0.3 is 10.1 Å². The fraction of sp³-hybridized carbons (Fsp3) is 0.300. The van der Waals surface area contributed by atoms with Gasteiger partial charge in [0.1, 0.15) is 5.75 Å². The first kappa shape index (κ1) is 12.1. The van der Waals surface area contributed by atoms with Crippen LogP contribution in [-0.4, -0.2) is 12.1 Å². The zero-order chi connectivity index (χ0) is 11.4. The van der Waals surface area contributed by atoms with Crippen LogP contribution < -0.4 is 10.1 Å². The van der Waals surface area contributed by atoms with Crippen molar-refractivity contribution in [2.24, 2.45) is 0 Å². The summed E-state index contributed by atoms with van der Waals surface area (Å²) in [5.41, 5.74) is 0. The van der Waals surface area contributed by atoms with E-state index in [1.807, 2.05) is 13.8 Å². The van der Waals surface area contributed by atoms with Crippen LogP contribution in [0.3, 0.4) is 0 Å². The van der Waals surface area contributed by atoms with Crippen molar-refractivity contribution in [2.45, 2.75) is 19.9 Å². The summed E-state index contributed by atoms with van der Waals surface area (Å²) in [6.07, 6.45) is -0.511. The van der Waals surface area contributed by atoms with Crippen LogP contribution in [0.1, 0.15) is 13.8 Å². The number of rotatable bonds is 2. The van der Waals surface area contributed by atoms with Crippen molar-refractivity contribution >= 4 is 29.3 Å². The van der Waals surface area contributed by atoms with E-state index in [0.29, 0.717) is 15.8 Å². The summed E-state index contributed by atoms with van der Waals surface area (Å²) in [6.45, 7) is 3.69. The van der Waals surface area contributed by atoms with Gasteiger partial charge in [0.05, 0.1) is 10.0 Å². The van der Waals surface area contributed by atoms with Crippen LogP contribution in [0.2, 0.25) is 10.0 Å². The Hall–Kier alpha value is -0.930. The first-order chi connectivity index (χ1) is 6.99. The fourth-order valence-electron chi connectivity index (χ4n) is 0.913. The molecular formula is C10H11Cl2NO2. The van der Waals surface area contributed by atoms with Crippen LogP contribution >= 0.6 is 23.2 Å². The van der Waals surface area contributed by atoms with Gasteiger partial charge in [-0.3, -0.25) is 0 Å². The summed E-state index contributed by atoms with van der Waals surface area (Å²) in [5.74, 6) is 0.363. The number of ether oxygens (including phenoxy) is 1. The molecule has 1 amide bonds. The minimum absolute atomic E-state index is 0.0280. The van der Waals surface area contributed by atoms with Crippen molar-refractivity contribution in [3.8, 4) is 5.75 Å². The summed E-state index contributed by atoms with van der Waals surface area (Å²) in [7, 11) is 0. The van der Waals surface area contributed by atoms with Crippen molar-refractivity contribution in [2.75, 3.05) is 0 Å². The Labute approximate surface area is 98.3 Å². The molecule has 0 aliphatic carbocycles. The van der Waals surface area contributed by atoms with E-state index in [-0.39, 0.29) is 6.04 Å². The van der Waals surface area contributed by atoms with Crippen LogP contribution in [0.5, 0.6) is 5.75 Å². The number of carbonyl (C=O) groups is 1. The molecule has 0 unspecified atom stereocenters. The zero-order valence-electron chi connectivity index (χ0n) is 8.38. The Balaban J connectivity index is 2.65. The van der Waals surface area contributed by atoms with Gasteiger partial charge in [-0.1, -0.05) is 23.2 Å².